The second kappa shape index (κ2) is 7.41. The molecule has 9 heteroatoms. The van der Waals surface area contributed by atoms with E-state index in [4.69, 9.17) is 10.8 Å². The molecule has 0 bridgehead atoms. The number of primary amides is 1. The molecule has 1 atom stereocenters. The van der Waals surface area contributed by atoms with E-state index in [1.165, 1.54) is 0 Å². The molecule has 0 radical (unpaired) electrons. The zero-order chi connectivity index (χ0) is 14.3. The van der Waals surface area contributed by atoms with Crippen molar-refractivity contribution in [2.75, 3.05) is 13.6 Å². The maximum Gasteiger partial charge on any atom is 0.326 e. The molecule has 0 fully saturated rings. The number of halogens is 2. The predicted molar refractivity (Wildman–Crippen MR) is 57.0 cm³/mol. The number of carboxylic acids is 1. The fourth-order valence-corrected chi connectivity index (χ4v) is 1.09. The van der Waals surface area contributed by atoms with Gasteiger partial charge in [-0.1, -0.05) is 0 Å². The number of rotatable bonds is 7. The van der Waals surface area contributed by atoms with Crippen molar-refractivity contribution in [3.05, 3.63) is 0 Å². The molecule has 0 aromatic carbocycles. The summed E-state index contributed by atoms with van der Waals surface area (Å²) in [4.78, 5) is 33.3. The third kappa shape index (κ3) is 6.61. The van der Waals surface area contributed by atoms with Crippen molar-refractivity contribution in [2.24, 2.45) is 5.73 Å². The highest BCUT2D eigenvalue weighted by atomic mass is 19.3. The summed E-state index contributed by atoms with van der Waals surface area (Å²) in [5, 5.41) is 10.8. The number of nitrogens with one attached hydrogen (secondary N) is 1. The van der Waals surface area contributed by atoms with Crippen molar-refractivity contribution in [2.45, 2.75) is 25.3 Å². The summed E-state index contributed by atoms with van der Waals surface area (Å²) in [6, 6.07) is -2.29. The Kier molecular flexibility index (Phi) is 6.61. The van der Waals surface area contributed by atoms with Crippen LogP contribution < -0.4 is 11.1 Å². The molecule has 0 aliphatic heterocycles. The number of carbonyl (C=O) groups is 3. The van der Waals surface area contributed by atoms with Crippen molar-refractivity contribution < 1.29 is 28.3 Å². The van der Waals surface area contributed by atoms with Crippen LogP contribution in [-0.4, -0.2) is 54.0 Å². The van der Waals surface area contributed by atoms with Gasteiger partial charge in [0.15, 0.2) is 0 Å². The largest absolute Gasteiger partial charge is 0.480 e. The van der Waals surface area contributed by atoms with E-state index in [1.807, 2.05) is 5.32 Å². The summed E-state index contributed by atoms with van der Waals surface area (Å²) in [7, 11) is 1.11. The Hall–Kier alpha value is -1.93. The number of urea groups is 1. The fraction of sp³-hybridized carbons (Fsp3) is 0.667. The topological polar surface area (TPSA) is 113 Å². The fourth-order valence-electron chi connectivity index (χ4n) is 1.09. The summed E-state index contributed by atoms with van der Waals surface area (Å²) in [6.45, 7) is -0.812. The van der Waals surface area contributed by atoms with Crippen LogP contribution in [0.5, 0.6) is 0 Å². The van der Waals surface area contributed by atoms with E-state index >= 15 is 0 Å². The van der Waals surface area contributed by atoms with E-state index in [-0.39, 0.29) is 12.8 Å². The third-order valence-corrected chi connectivity index (χ3v) is 2.03. The lowest BCUT2D eigenvalue weighted by Gasteiger charge is -2.20. The molecular weight excluding hydrogens is 252 g/mol. The maximum absolute atomic E-state index is 12.0. The zero-order valence-corrected chi connectivity index (χ0v) is 9.73. The van der Waals surface area contributed by atoms with Gasteiger partial charge in [0.25, 0.3) is 6.43 Å². The van der Waals surface area contributed by atoms with E-state index in [2.05, 4.69) is 0 Å². The van der Waals surface area contributed by atoms with Gasteiger partial charge in [0, 0.05) is 13.5 Å². The number of nitrogens with two attached hydrogens (primary N) is 1. The maximum atomic E-state index is 12.0. The Morgan fingerprint density at radius 3 is 2.33 bits per heavy atom. The quantitative estimate of drug-likeness (QED) is 0.583. The minimum Gasteiger partial charge on any atom is -0.480 e. The molecule has 0 rings (SSSR count). The predicted octanol–water partition coefficient (Wildman–Crippen LogP) is -0.388. The van der Waals surface area contributed by atoms with Gasteiger partial charge in [-0.05, 0) is 6.42 Å². The lowest BCUT2D eigenvalue weighted by atomic mass is 10.1. The van der Waals surface area contributed by atoms with Crippen LogP contribution in [0.15, 0.2) is 0 Å². The van der Waals surface area contributed by atoms with Gasteiger partial charge in [0.2, 0.25) is 5.91 Å². The number of alkyl halides is 2. The minimum absolute atomic E-state index is 0.196. The lowest BCUT2D eigenvalue weighted by molar-refractivity contribution is -0.139. The molecule has 3 amide bonds. The molecular formula is C9H15F2N3O4. The number of carboxylic acid groups (broad SMARTS) is 1. The van der Waals surface area contributed by atoms with Gasteiger partial charge in [0.05, 0.1) is 6.54 Å². The van der Waals surface area contributed by atoms with Crippen LogP contribution in [0.1, 0.15) is 12.8 Å². The highest BCUT2D eigenvalue weighted by Crippen LogP contribution is 2.00. The van der Waals surface area contributed by atoms with Gasteiger partial charge in [0.1, 0.15) is 6.04 Å². The number of amides is 3. The molecule has 0 saturated heterocycles. The molecule has 0 aliphatic carbocycles. The molecule has 4 N–H and O–H groups in total. The van der Waals surface area contributed by atoms with Crippen molar-refractivity contribution in [1.29, 1.82) is 0 Å². The van der Waals surface area contributed by atoms with E-state index in [9.17, 15) is 23.2 Å². The number of carbonyl (C=O) groups excluding carboxylic acids is 2. The molecule has 7 nitrogen and oxygen atoms in total. The van der Waals surface area contributed by atoms with Crippen LogP contribution in [0.2, 0.25) is 0 Å². The highest BCUT2D eigenvalue weighted by molar-refractivity contribution is 5.83. The molecule has 0 spiro atoms. The standard InChI is InChI=1S/C9H15F2N3O4/c1-14(4-6(10)11)9(18)13-5(8(16)17)2-3-7(12)15/h5-6H,2-4H2,1H3,(H2,12,15)(H,13,18)(H,16,17)/t5-/m0/s1. The van der Waals surface area contributed by atoms with Gasteiger partial charge in [-0.15, -0.1) is 0 Å². The van der Waals surface area contributed by atoms with Crippen molar-refractivity contribution in [3.8, 4) is 0 Å². The summed E-state index contributed by atoms with van der Waals surface area (Å²) < 4.78 is 24.0. The first-order valence-corrected chi connectivity index (χ1v) is 5.05. The lowest BCUT2D eigenvalue weighted by Crippen LogP contribution is -2.48. The number of nitrogens with zero attached hydrogens (tertiary/aromatic N) is 1. The van der Waals surface area contributed by atoms with E-state index < -0.39 is 36.9 Å². The van der Waals surface area contributed by atoms with Crippen LogP contribution in [0.25, 0.3) is 0 Å². The zero-order valence-electron chi connectivity index (χ0n) is 9.73. The third-order valence-electron chi connectivity index (χ3n) is 2.03. The molecule has 0 heterocycles. The molecule has 18 heavy (non-hydrogen) atoms. The number of aliphatic carboxylic acids is 1. The van der Waals surface area contributed by atoms with Gasteiger partial charge >= 0.3 is 12.0 Å². The smallest absolute Gasteiger partial charge is 0.326 e. The second-order valence-corrected chi connectivity index (χ2v) is 3.62. The first-order valence-electron chi connectivity index (χ1n) is 5.05. The number of hydrogen-bond acceptors (Lipinski definition) is 3. The average molecular weight is 267 g/mol. The van der Waals surface area contributed by atoms with Gasteiger partial charge in [-0.2, -0.15) is 0 Å². The Morgan fingerprint density at radius 2 is 1.94 bits per heavy atom. The van der Waals surface area contributed by atoms with Crippen LogP contribution in [-0.2, 0) is 9.59 Å². The molecule has 0 unspecified atom stereocenters. The monoisotopic (exact) mass is 267 g/mol. The summed E-state index contributed by atoms with van der Waals surface area (Å²) in [5.41, 5.74) is 4.84. The summed E-state index contributed by atoms with van der Waals surface area (Å²) in [5.74, 6) is -2.08. The van der Waals surface area contributed by atoms with Crippen LogP contribution >= 0.6 is 0 Å². The summed E-state index contributed by atoms with van der Waals surface area (Å²) in [6.07, 6.45) is -3.14. The normalized spacial score (nSPS) is 12.0. The molecule has 104 valence electrons. The van der Waals surface area contributed by atoms with Crippen molar-refractivity contribution in [3.63, 3.8) is 0 Å². The van der Waals surface area contributed by atoms with Crippen molar-refractivity contribution >= 4 is 17.9 Å². The SMILES string of the molecule is CN(CC(F)F)C(=O)N[C@@H](CCC(N)=O)C(=O)O. The average Bonchev–Trinajstić information content (AvgIpc) is 2.21. The number of hydrogen-bond donors (Lipinski definition) is 3. The Labute approximate surface area is 102 Å². The van der Waals surface area contributed by atoms with Crippen LogP contribution in [0.4, 0.5) is 13.6 Å². The van der Waals surface area contributed by atoms with Crippen LogP contribution in [0, 0.1) is 0 Å². The van der Waals surface area contributed by atoms with Crippen LogP contribution in [0.3, 0.4) is 0 Å². The minimum atomic E-state index is -2.71. The van der Waals surface area contributed by atoms with E-state index in [0.717, 1.165) is 7.05 Å². The molecule has 0 saturated carbocycles. The van der Waals surface area contributed by atoms with Gasteiger partial charge in [-0.25, -0.2) is 18.4 Å². The first-order chi connectivity index (χ1) is 8.23. The molecule has 0 aromatic rings. The van der Waals surface area contributed by atoms with E-state index in [0.29, 0.717) is 4.90 Å². The Morgan fingerprint density at radius 1 is 1.39 bits per heavy atom. The summed E-state index contributed by atoms with van der Waals surface area (Å²) >= 11 is 0. The van der Waals surface area contributed by atoms with E-state index in [1.54, 1.807) is 0 Å². The van der Waals surface area contributed by atoms with Gasteiger partial charge < -0.3 is 21.1 Å². The van der Waals surface area contributed by atoms with Crippen molar-refractivity contribution in [1.82, 2.24) is 10.2 Å². The highest BCUT2D eigenvalue weighted by Gasteiger charge is 2.23. The second-order valence-electron chi connectivity index (χ2n) is 3.62. The molecule has 0 aliphatic rings. The Balaban J connectivity index is 4.35. The van der Waals surface area contributed by atoms with Gasteiger partial charge in [-0.3, -0.25) is 4.79 Å². The first kappa shape index (κ1) is 16.1. The Bertz CT molecular complexity index is 325. The molecule has 0 aromatic heterocycles.